The van der Waals surface area contributed by atoms with Gasteiger partial charge in [-0.1, -0.05) is 62.4 Å². The van der Waals surface area contributed by atoms with Crippen molar-refractivity contribution in [2.75, 3.05) is 0 Å². The van der Waals surface area contributed by atoms with Crippen molar-refractivity contribution in [2.24, 2.45) is 5.92 Å². The zero-order valence-corrected chi connectivity index (χ0v) is 12.5. The molecule has 0 amide bonds. The first kappa shape index (κ1) is 15.8. The molecule has 1 atom stereocenters. The third-order valence-corrected chi connectivity index (χ3v) is 3.33. The van der Waals surface area contributed by atoms with Crippen LogP contribution >= 0.6 is 0 Å². The highest BCUT2D eigenvalue weighted by Crippen LogP contribution is 2.27. The van der Waals surface area contributed by atoms with E-state index in [2.05, 4.69) is 0 Å². The van der Waals surface area contributed by atoms with Crippen LogP contribution in [-0.4, -0.2) is 11.9 Å². The van der Waals surface area contributed by atoms with Gasteiger partial charge < -0.3 is 14.6 Å². The molecule has 4 heteroatoms. The molecule has 0 aliphatic carbocycles. The quantitative estimate of drug-likeness (QED) is 0.796. The molecule has 0 fully saturated rings. The maximum atomic E-state index is 12.3. The predicted octanol–water partition coefficient (Wildman–Crippen LogP) is 2.60. The van der Waals surface area contributed by atoms with Crippen LogP contribution in [0.4, 0.5) is 0 Å². The van der Waals surface area contributed by atoms with Gasteiger partial charge in [0.25, 0.3) is 0 Å². The number of hydrogen-bond acceptors (Lipinski definition) is 4. The lowest BCUT2D eigenvalue weighted by molar-refractivity contribution is -0.255. The Morgan fingerprint density at radius 3 is 2.00 bits per heavy atom. The van der Waals surface area contributed by atoms with E-state index < -0.39 is 18.0 Å². The normalized spacial score (nSPS) is 12.0. The van der Waals surface area contributed by atoms with Crippen LogP contribution < -0.4 is 5.11 Å². The Morgan fingerprint density at radius 1 is 0.909 bits per heavy atom. The fourth-order valence-corrected chi connectivity index (χ4v) is 2.25. The van der Waals surface area contributed by atoms with Gasteiger partial charge in [0, 0.05) is 5.56 Å². The van der Waals surface area contributed by atoms with E-state index in [1.165, 1.54) is 12.1 Å². The topological polar surface area (TPSA) is 66.4 Å². The number of carboxylic acids is 1. The molecule has 0 aliphatic heterocycles. The maximum absolute atomic E-state index is 12.3. The summed E-state index contributed by atoms with van der Waals surface area (Å²) in [7, 11) is 0. The van der Waals surface area contributed by atoms with Crippen LogP contribution in [0, 0.1) is 5.92 Å². The minimum Gasteiger partial charge on any atom is -0.545 e. The largest absolute Gasteiger partial charge is 0.545 e. The minimum absolute atomic E-state index is 0.00378. The summed E-state index contributed by atoms with van der Waals surface area (Å²) in [4.78, 5) is 23.4. The van der Waals surface area contributed by atoms with E-state index in [1.54, 1.807) is 12.1 Å². The van der Waals surface area contributed by atoms with Crippen LogP contribution in [0.15, 0.2) is 54.6 Å². The summed E-state index contributed by atoms with van der Waals surface area (Å²) in [6, 6.07) is 15.3. The summed E-state index contributed by atoms with van der Waals surface area (Å²) in [6.45, 7) is 3.88. The molecule has 0 N–H and O–H groups in total. The fourth-order valence-electron chi connectivity index (χ4n) is 2.25. The standard InChI is InChI=1S/C18H18O4/c1-12(2)16(13-8-4-3-5-9-13)22-18(21)15-11-7-6-10-14(15)17(19)20/h3-12,16H,1-2H3,(H,19,20)/p-1/t16-/m1/s1. The van der Waals surface area contributed by atoms with E-state index in [0.717, 1.165) is 5.56 Å². The number of carbonyl (C=O) groups is 2. The van der Waals surface area contributed by atoms with E-state index in [-0.39, 0.29) is 17.0 Å². The van der Waals surface area contributed by atoms with Crippen molar-refractivity contribution < 1.29 is 19.4 Å². The van der Waals surface area contributed by atoms with Crippen molar-refractivity contribution in [1.82, 2.24) is 0 Å². The van der Waals surface area contributed by atoms with Crippen LogP contribution in [-0.2, 0) is 4.74 Å². The molecule has 0 bridgehead atoms. The van der Waals surface area contributed by atoms with Crippen LogP contribution in [0.1, 0.15) is 46.2 Å². The van der Waals surface area contributed by atoms with Gasteiger partial charge in [0.15, 0.2) is 0 Å². The van der Waals surface area contributed by atoms with Gasteiger partial charge in [-0.25, -0.2) is 4.79 Å². The van der Waals surface area contributed by atoms with Crippen LogP contribution in [0.5, 0.6) is 0 Å². The van der Waals surface area contributed by atoms with E-state index in [1.807, 2.05) is 44.2 Å². The van der Waals surface area contributed by atoms with Crippen LogP contribution in [0.2, 0.25) is 0 Å². The second kappa shape index (κ2) is 6.89. The third-order valence-electron chi connectivity index (χ3n) is 3.33. The summed E-state index contributed by atoms with van der Waals surface area (Å²) >= 11 is 0. The van der Waals surface area contributed by atoms with E-state index in [4.69, 9.17) is 4.74 Å². The second-order valence-electron chi connectivity index (χ2n) is 5.31. The Morgan fingerprint density at radius 2 is 1.45 bits per heavy atom. The molecule has 22 heavy (non-hydrogen) atoms. The van der Waals surface area contributed by atoms with Gasteiger partial charge in [0.2, 0.25) is 0 Å². The van der Waals surface area contributed by atoms with Gasteiger partial charge in [0.05, 0.1) is 11.5 Å². The smallest absolute Gasteiger partial charge is 0.339 e. The molecule has 0 heterocycles. The second-order valence-corrected chi connectivity index (χ2v) is 5.31. The molecule has 0 radical (unpaired) electrons. The van der Waals surface area contributed by atoms with E-state index in [0.29, 0.717) is 0 Å². The van der Waals surface area contributed by atoms with Crippen molar-refractivity contribution in [2.45, 2.75) is 20.0 Å². The average Bonchev–Trinajstić information content (AvgIpc) is 2.52. The highest BCUT2D eigenvalue weighted by molar-refractivity contribution is 6.01. The predicted molar refractivity (Wildman–Crippen MR) is 80.2 cm³/mol. The Labute approximate surface area is 129 Å². The Balaban J connectivity index is 2.28. The Bertz CT molecular complexity index is 662. The number of esters is 1. The zero-order chi connectivity index (χ0) is 16.1. The fraction of sp³-hybridized carbons (Fsp3) is 0.222. The summed E-state index contributed by atoms with van der Waals surface area (Å²) in [5.41, 5.74) is 0.712. The van der Waals surface area contributed by atoms with Crippen molar-refractivity contribution in [3.63, 3.8) is 0 Å². The van der Waals surface area contributed by atoms with Crippen LogP contribution in [0.25, 0.3) is 0 Å². The molecule has 0 aromatic heterocycles. The molecule has 4 nitrogen and oxygen atoms in total. The lowest BCUT2D eigenvalue weighted by Crippen LogP contribution is -2.26. The molecule has 0 spiro atoms. The number of aromatic carboxylic acids is 1. The summed E-state index contributed by atoms with van der Waals surface area (Å²) in [5.74, 6) is -2.00. The van der Waals surface area contributed by atoms with E-state index >= 15 is 0 Å². The molecule has 0 saturated heterocycles. The minimum atomic E-state index is -1.40. The van der Waals surface area contributed by atoms with Gasteiger partial charge in [-0.15, -0.1) is 0 Å². The zero-order valence-electron chi connectivity index (χ0n) is 12.5. The first-order valence-corrected chi connectivity index (χ1v) is 7.07. The summed E-state index contributed by atoms with van der Waals surface area (Å²) in [5, 5.41) is 11.1. The molecule has 0 unspecified atom stereocenters. The van der Waals surface area contributed by atoms with Gasteiger partial charge in [0.1, 0.15) is 6.10 Å². The van der Waals surface area contributed by atoms with Crippen LogP contribution in [0.3, 0.4) is 0 Å². The number of hydrogen-bond donors (Lipinski definition) is 0. The maximum Gasteiger partial charge on any atom is 0.339 e. The van der Waals surface area contributed by atoms with Crippen molar-refractivity contribution in [1.29, 1.82) is 0 Å². The first-order valence-electron chi connectivity index (χ1n) is 7.07. The molecule has 2 aromatic rings. The average molecular weight is 297 g/mol. The first-order chi connectivity index (χ1) is 10.5. The number of ether oxygens (including phenoxy) is 1. The van der Waals surface area contributed by atoms with Gasteiger partial charge in [-0.05, 0) is 17.5 Å². The van der Waals surface area contributed by atoms with Gasteiger partial charge >= 0.3 is 5.97 Å². The monoisotopic (exact) mass is 297 g/mol. The molecule has 114 valence electrons. The van der Waals surface area contributed by atoms with Crippen molar-refractivity contribution in [3.05, 3.63) is 71.3 Å². The SMILES string of the molecule is CC(C)[C@@H](OC(=O)c1ccccc1C(=O)[O-])c1ccccc1. The molecule has 2 rings (SSSR count). The molecule has 0 aliphatic rings. The number of benzene rings is 2. The van der Waals surface area contributed by atoms with Crippen molar-refractivity contribution >= 4 is 11.9 Å². The number of carboxylic acid groups (broad SMARTS) is 1. The molecular formula is C18H17O4-. The highest BCUT2D eigenvalue weighted by atomic mass is 16.5. The number of rotatable bonds is 5. The number of carbonyl (C=O) groups excluding carboxylic acids is 2. The molecule has 2 aromatic carbocycles. The van der Waals surface area contributed by atoms with Gasteiger partial charge in [-0.3, -0.25) is 0 Å². The summed E-state index contributed by atoms with van der Waals surface area (Å²) in [6.07, 6.45) is -0.441. The lowest BCUT2D eigenvalue weighted by atomic mass is 9.98. The highest BCUT2D eigenvalue weighted by Gasteiger charge is 2.22. The van der Waals surface area contributed by atoms with Gasteiger partial charge in [-0.2, -0.15) is 0 Å². The third kappa shape index (κ3) is 3.52. The van der Waals surface area contributed by atoms with E-state index in [9.17, 15) is 14.7 Å². The molecular weight excluding hydrogens is 280 g/mol. The lowest BCUT2D eigenvalue weighted by Gasteiger charge is -2.22. The Hall–Kier alpha value is -2.62. The van der Waals surface area contributed by atoms with Crippen molar-refractivity contribution in [3.8, 4) is 0 Å². The molecule has 0 saturated carbocycles. The Kier molecular flexibility index (Phi) is 4.94. The summed E-state index contributed by atoms with van der Waals surface area (Å²) < 4.78 is 5.54.